The van der Waals surface area contributed by atoms with Crippen molar-refractivity contribution in [1.29, 1.82) is 0 Å². The molecule has 0 aliphatic rings. The number of aliphatic hydroxyl groups is 1. The first kappa shape index (κ1) is 17.9. The Kier molecular flexibility index (Phi) is 22.0. The van der Waals surface area contributed by atoms with Crippen LogP contribution in [0.1, 0.15) is 6.92 Å². The molecule has 1 N–H and O–H groups in total. The van der Waals surface area contributed by atoms with Gasteiger partial charge in [-0.25, -0.2) is 0 Å². The second-order valence-corrected chi connectivity index (χ2v) is 2.73. The average Bonchev–Trinajstić information content (AvgIpc) is 1.62. The Morgan fingerprint density at radius 2 is 1.55 bits per heavy atom. The van der Waals surface area contributed by atoms with Gasteiger partial charge in [-0.3, -0.25) is 4.31 Å². The van der Waals surface area contributed by atoms with E-state index in [1.165, 1.54) is 0 Å². The standard InChI is InChI=1S/C2H6O.H4O5P2.Pd/c1-2-3;1-6(2)5-7(3)4;/h3H,2H2,1H3;6-7H,(H,1,2)(H,3,4);/q;;+2/p-2. The fourth-order valence-electron chi connectivity index (χ4n) is 0.0680. The largest absolute Gasteiger partial charge is 2.00 e. The Morgan fingerprint density at radius 3 is 1.55 bits per heavy atom. The van der Waals surface area contributed by atoms with E-state index in [1.807, 2.05) is 0 Å². The SMILES string of the molecule is CCO.O=[PH]([O-])O[PH](=O)[O-].[Pd+2]. The Bertz CT molecular complexity index is 105. The molecule has 0 saturated carbocycles. The molecular weight excluding hydrogens is 288 g/mol. The van der Waals surface area contributed by atoms with Crippen LogP contribution < -0.4 is 9.79 Å². The van der Waals surface area contributed by atoms with Gasteiger partial charge in [-0.1, -0.05) is 0 Å². The van der Waals surface area contributed by atoms with E-state index in [0.717, 1.165) is 0 Å². The first-order chi connectivity index (χ1) is 4.54. The van der Waals surface area contributed by atoms with Gasteiger partial charge in [0.15, 0.2) is 0 Å². The van der Waals surface area contributed by atoms with E-state index >= 15 is 0 Å². The predicted octanol–water partition coefficient (Wildman–Crippen LogP) is -1.50. The van der Waals surface area contributed by atoms with Crippen molar-refractivity contribution in [1.82, 2.24) is 0 Å². The summed E-state index contributed by atoms with van der Waals surface area (Å²) in [7, 11) is -7.03. The summed E-state index contributed by atoms with van der Waals surface area (Å²) < 4.78 is 21.8. The maximum Gasteiger partial charge on any atom is 2.00 e. The van der Waals surface area contributed by atoms with Crippen LogP contribution in [0.3, 0.4) is 0 Å². The number of hydrogen-bond donors (Lipinski definition) is 1. The summed E-state index contributed by atoms with van der Waals surface area (Å²) >= 11 is 0. The fourth-order valence-corrected chi connectivity index (χ4v) is 0.612. The van der Waals surface area contributed by atoms with Crippen LogP contribution in [0.25, 0.3) is 0 Å². The van der Waals surface area contributed by atoms with Gasteiger partial charge in [0.1, 0.15) is 16.5 Å². The third-order valence-electron chi connectivity index (χ3n) is 0.167. The topological polar surface area (TPSA) is 110 Å². The zero-order valence-electron chi connectivity index (χ0n) is 5.51. The third-order valence-corrected chi connectivity index (χ3v) is 1.50. The molecule has 6 nitrogen and oxygen atoms in total. The van der Waals surface area contributed by atoms with E-state index in [2.05, 4.69) is 4.31 Å². The number of hydrogen-bond acceptors (Lipinski definition) is 6. The van der Waals surface area contributed by atoms with E-state index in [-0.39, 0.29) is 27.0 Å². The second-order valence-electron chi connectivity index (χ2n) is 0.918. The molecule has 0 spiro atoms. The summed E-state index contributed by atoms with van der Waals surface area (Å²) in [6.45, 7) is 1.93. The number of rotatable bonds is 2. The molecular formula is C2H8O6P2Pd. The van der Waals surface area contributed by atoms with Crippen molar-refractivity contribution in [3.63, 3.8) is 0 Å². The molecule has 0 aromatic carbocycles. The van der Waals surface area contributed by atoms with Gasteiger partial charge in [0, 0.05) is 6.61 Å². The molecule has 72 valence electrons. The van der Waals surface area contributed by atoms with E-state index in [0.29, 0.717) is 0 Å². The quantitative estimate of drug-likeness (QED) is 0.490. The minimum atomic E-state index is -3.51. The monoisotopic (exact) mass is 296 g/mol. The molecule has 0 aliphatic heterocycles. The van der Waals surface area contributed by atoms with Crippen LogP contribution in [0, 0.1) is 0 Å². The van der Waals surface area contributed by atoms with Gasteiger partial charge in [-0.05, 0) is 6.92 Å². The summed E-state index contributed by atoms with van der Waals surface area (Å²) in [5, 5.41) is 7.57. The zero-order chi connectivity index (χ0) is 8.57. The van der Waals surface area contributed by atoms with Gasteiger partial charge in [-0.15, -0.1) is 0 Å². The Labute approximate surface area is 79.1 Å². The van der Waals surface area contributed by atoms with E-state index in [4.69, 9.17) is 5.11 Å². The molecule has 0 radical (unpaired) electrons. The van der Waals surface area contributed by atoms with E-state index in [9.17, 15) is 18.9 Å². The fraction of sp³-hybridized carbons (Fsp3) is 1.00. The molecule has 0 aromatic heterocycles. The Morgan fingerprint density at radius 1 is 1.36 bits per heavy atom. The second kappa shape index (κ2) is 13.5. The average molecular weight is 296 g/mol. The van der Waals surface area contributed by atoms with Crippen LogP contribution in [0.2, 0.25) is 0 Å². The maximum absolute atomic E-state index is 9.29. The smallest absolute Gasteiger partial charge is 0.781 e. The third kappa shape index (κ3) is 35.8. The van der Waals surface area contributed by atoms with Crippen molar-refractivity contribution in [2.45, 2.75) is 6.92 Å². The predicted molar refractivity (Wildman–Crippen MR) is 31.8 cm³/mol. The molecule has 0 aromatic rings. The zero-order valence-corrected chi connectivity index (χ0v) is 9.07. The minimum Gasteiger partial charge on any atom is -0.781 e. The molecule has 0 saturated heterocycles. The van der Waals surface area contributed by atoms with Crippen LogP contribution in [0.15, 0.2) is 0 Å². The summed E-state index contributed by atoms with van der Waals surface area (Å²) in [6, 6.07) is 0. The molecule has 0 rings (SSSR count). The minimum absolute atomic E-state index is 0. The molecule has 0 heterocycles. The molecule has 2 atom stereocenters. The summed E-state index contributed by atoms with van der Waals surface area (Å²) in [5.74, 6) is 0. The van der Waals surface area contributed by atoms with Gasteiger partial charge >= 0.3 is 20.4 Å². The van der Waals surface area contributed by atoms with Gasteiger partial charge in [-0.2, -0.15) is 0 Å². The first-order valence-electron chi connectivity index (χ1n) is 2.25. The van der Waals surface area contributed by atoms with Gasteiger partial charge in [0.25, 0.3) is 0 Å². The van der Waals surface area contributed by atoms with Gasteiger partial charge < -0.3 is 24.0 Å². The summed E-state index contributed by atoms with van der Waals surface area (Å²) in [6.07, 6.45) is 0. The van der Waals surface area contributed by atoms with Gasteiger partial charge in [0.2, 0.25) is 0 Å². The van der Waals surface area contributed by atoms with Crippen LogP contribution in [0.5, 0.6) is 0 Å². The van der Waals surface area contributed by atoms with Crippen LogP contribution in [-0.2, 0) is 33.9 Å². The van der Waals surface area contributed by atoms with Crippen LogP contribution in [0.4, 0.5) is 0 Å². The van der Waals surface area contributed by atoms with Crippen molar-refractivity contribution in [2.24, 2.45) is 0 Å². The Balaban J connectivity index is -0.000000140. The van der Waals surface area contributed by atoms with Crippen molar-refractivity contribution in [3.8, 4) is 0 Å². The normalized spacial score (nSPS) is 13.5. The van der Waals surface area contributed by atoms with E-state index < -0.39 is 16.5 Å². The summed E-state index contributed by atoms with van der Waals surface area (Å²) in [5.41, 5.74) is 0. The summed E-state index contributed by atoms with van der Waals surface area (Å²) in [4.78, 5) is 18.6. The molecule has 0 aliphatic carbocycles. The number of aliphatic hydroxyl groups excluding tert-OH is 1. The Hall–Kier alpha value is 0.962. The van der Waals surface area contributed by atoms with Gasteiger partial charge in [0.05, 0.1) is 0 Å². The van der Waals surface area contributed by atoms with Crippen molar-refractivity contribution < 1.29 is 48.8 Å². The van der Waals surface area contributed by atoms with Crippen LogP contribution in [-0.4, -0.2) is 11.7 Å². The maximum atomic E-state index is 9.29. The molecule has 0 bridgehead atoms. The molecule has 0 amide bonds. The van der Waals surface area contributed by atoms with Crippen molar-refractivity contribution >= 4 is 16.5 Å². The molecule has 11 heavy (non-hydrogen) atoms. The van der Waals surface area contributed by atoms with Crippen molar-refractivity contribution in [2.75, 3.05) is 6.61 Å². The van der Waals surface area contributed by atoms with E-state index in [1.54, 1.807) is 6.92 Å². The van der Waals surface area contributed by atoms with Crippen molar-refractivity contribution in [3.05, 3.63) is 0 Å². The van der Waals surface area contributed by atoms with Crippen LogP contribution >= 0.6 is 16.5 Å². The molecule has 2 unspecified atom stereocenters. The first-order valence-corrected chi connectivity index (χ1v) is 4.70. The molecule has 0 fully saturated rings. The molecule has 9 heteroatoms.